The van der Waals surface area contributed by atoms with E-state index >= 15 is 0 Å². The summed E-state index contributed by atoms with van der Waals surface area (Å²) < 4.78 is 27.9. The van der Waals surface area contributed by atoms with E-state index < -0.39 is 10.0 Å². The van der Waals surface area contributed by atoms with E-state index in [9.17, 15) is 13.2 Å². The van der Waals surface area contributed by atoms with Crippen LogP contribution in [0.3, 0.4) is 0 Å². The maximum Gasteiger partial charge on any atom is 0.261 e. The summed E-state index contributed by atoms with van der Waals surface area (Å²) in [5.74, 6) is -0.318. The van der Waals surface area contributed by atoms with E-state index in [1.807, 2.05) is 37.3 Å². The van der Waals surface area contributed by atoms with Crippen molar-refractivity contribution in [2.24, 2.45) is 0 Å². The van der Waals surface area contributed by atoms with Gasteiger partial charge in [-0.2, -0.15) is 0 Å². The molecule has 0 aliphatic rings. The fraction of sp³-hybridized carbons (Fsp3) is 0.174. The molecule has 3 aromatic rings. The van der Waals surface area contributed by atoms with Crippen LogP contribution >= 0.6 is 11.6 Å². The summed E-state index contributed by atoms with van der Waals surface area (Å²) >= 11 is 6.14. The van der Waals surface area contributed by atoms with Gasteiger partial charge in [-0.05, 0) is 67.3 Å². The molecular weight excluding hydrogens is 420 g/mol. The highest BCUT2D eigenvalue weighted by atomic mass is 35.5. The van der Waals surface area contributed by atoms with Gasteiger partial charge in [0.05, 0.1) is 4.90 Å². The predicted molar refractivity (Wildman–Crippen MR) is 121 cm³/mol. The normalized spacial score (nSPS) is 11.1. The van der Waals surface area contributed by atoms with Gasteiger partial charge >= 0.3 is 0 Å². The number of hydrogen-bond acceptors (Lipinski definition) is 3. The van der Waals surface area contributed by atoms with Crippen molar-refractivity contribution >= 4 is 33.2 Å². The Morgan fingerprint density at radius 1 is 0.967 bits per heavy atom. The second-order valence-electron chi connectivity index (χ2n) is 6.95. The van der Waals surface area contributed by atoms with Gasteiger partial charge in [-0.1, -0.05) is 48.0 Å². The zero-order chi connectivity index (χ0) is 21.6. The lowest BCUT2D eigenvalue weighted by atomic mass is 10.1. The number of sulfonamides is 1. The minimum absolute atomic E-state index is 0.0349. The zero-order valence-corrected chi connectivity index (χ0v) is 18.1. The molecule has 30 heavy (non-hydrogen) atoms. The van der Waals surface area contributed by atoms with Crippen molar-refractivity contribution < 1.29 is 13.2 Å². The number of hydrogen-bond donors (Lipinski definition) is 2. The summed E-state index contributed by atoms with van der Waals surface area (Å²) in [7, 11) is -3.80. The highest BCUT2D eigenvalue weighted by molar-refractivity contribution is 7.92. The minimum Gasteiger partial charge on any atom is -0.352 e. The number of carbonyl (C=O) groups is 1. The first-order chi connectivity index (χ1) is 14.3. The van der Waals surface area contributed by atoms with E-state index in [0.29, 0.717) is 22.8 Å². The SMILES string of the molecule is Cc1cccc(NS(=O)(=O)c2cccc(C(=O)NCCCc3ccccc3Cl)c2)c1. The van der Waals surface area contributed by atoms with Gasteiger partial charge < -0.3 is 5.32 Å². The third kappa shape index (κ3) is 5.84. The monoisotopic (exact) mass is 442 g/mol. The van der Waals surface area contributed by atoms with Crippen LogP contribution in [0.2, 0.25) is 5.02 Å². The van der Waals surface area contributed by atoms with Crippen molar-refractivity contribution in [2.45, 2.75) is 24.7 Å². The Morgan fingerprint density at radius 3 is 2.50 bits per heavy atom. The smallest absolute Gasteiger partial charge is 0.261 e. The van der Waals surface area contributed by atoms with Gasteiger partial charge in [0, 0.05) is 22.8 Å². The van der Waals surface area contributed by atoms with Crippen molar-refractivity contribution in [2.75, 3.05) is 11.3 Å². The molecule has 3 aromatic carbocycles. The molecule has 0 saturated carbocycles. The molecule has 7 heteroatoms. The summed E-state index contributed by atoms with van der Waals surface area (Å²) in [5.41, 5.74) is 2.74. The molecule has 0 radical (unpaired) electrons. The average Bonchev–Trinajstić information content (AvgIpc) is 2.72. The number of amides is 1. The first-order valence-electron chi connectivity index (χ1n) is 9.56. The molecule has 0 spiro atoms. The van der Waals surface area contributed by atoms with Crippen LogP contribution in [-0.2, 0) is 16.4 Å². The first-order valence-corrected chi connectivity index (χ1v) is 11.4. The third-order valence-electron chi connectivity index (χ3n) is 4.54. The lowest BCUT2D eigenvalue weighted by molar-refractivity contribution is 0.0953. The van der Waals surface area contributed by atoms with Gasteiger partial charge in [-0.3, -0.25) is 9.52 Å². The van der Waals surface area contributed by atoms with Gasteiger partial charge in [-0.25, -0.2) is 8.42 Å². The lowest BCUT2D eigenvalue weighted by Gasteiger charge is -2.10. The van der Waals surface area contributed by atoms with E-state index in [2.05, 4.69) is 10.0 Å². The van der Waals surface area contributed by atoms with Crippen molar-refractivity contribution in [1.82, 2.24) is 5.32 Å². The Morgan fingerprint density at radius 2 is 1.73 bits per heavy atom. The molecule has 0 bridgehead atoms. The quantitative estimate of drug-likeness (QED) is 0.491. The lowest BCUT2D eigenvalue weighted by Crippen LogP contribution is -2.25. The number of benzene rings is 3. The third-order valence-corrected chi connectivity index (χ3v) is 6.29. The molecule has 0 saturated heterocycles. The summed E-state index contributed by atoms with van der Waals surface area (Å²) in [6, 6.07) is 20.7. The number of carbonyl (C=O) groups excluding carboxylic acids is 1. The number of anilines is 1. The summed E-state index contributed by atoms with van der Waals surface area (Å²) in [6.07, 6.45) is 1.47. The fourth-order valence-electron chi connectivity index (χ4n) is 3.01. The molecule has 1 amide bonds. The molecule has 2 N–H and O–H groups in total. The maximum atomic E-state index is 12.7. The molecule has 0 atom stereocenters. The summed E-state index contributed by atoms with van der Waals surface area (Å²) in [6.45, 7) is 2.34. The molecular formula is C23H23ClN2O3S. The van der Waals surface area contributed by atoms with E-state index in [4.69, 9.17) is 11.6 Å². The van der Waals surface area contributed by atoms with E-state index in [1.54, 1.807) is 30.3 Å². The Labute approximate surface area is 182 Å². The summed E-state index contributed by atoms with van der Waals surface area (Å²) in [5, 5.41) is 3.54. The van der Waals surface area contributed by atoms with Crippen LogP contribution in [0.5, 0.6) is 0 Å². The number of rotatable bonds is 8. The van der Waals surface area contributed by atoms with Crippen LogP contribution in [0.1, 0.15) is 27.9 Å². The largest absolute Gasteiger partial charge is 0.352 e. The van der Waals surface area contributed by atoms with Crippen molar-refractivity contribution in [1.29, 1.82) is 0 Å². The molecule has 0 fully saturated rings. The van der Waals surface area contributed by atoms with E-state index in [0.717, 1.165) is 24.0 Å². The van der Waals surface area contributed by atoms with Crippen molar-refractivity contribution in [3.8, 4) is 0 Å². The molecule has 0 aliphatic heterocycles. The standard InChI is InChI=1S/C23H23ClN2O3S/c1-17-7-4-11-20(15-17)26-30(28,29)21-12-5-9-19(16-21)23(27)25-14-6-10-18-8-2-3-13-22(18)24/h2-5,7-9,11-13,15-16,26H,6,10,14H2,1H3,(H,25,27). The van der Waals surface area contributed by atoms with Gasteiger partial charge in [-0.15, -0.1) is 0 Å². The Bertz CT molecular complexity index is 1150. The Hall–Kier alpha value is -2.83. The highest BCUT2D eigenvalue weighted by Gasteiger charge is 2.16. The average molecular weight is 443 g/mol. The van der Waals surface area contributed by atoms with Crippen LogP contribution in [-0.4, -0.2) is 20.9 Å². The summed E-state index contributed by atoms with van der Waals surface area (Å²) in [4.78, 5) is 12.5. The molecule has 156 valence electrons. The number of nitrogens with one attached hydrogen (secondary N) is 2. The molecule has 5 nitrogen and oxygen atoms in total. The van der Waals surface area contributed by atoms with Gasteiger partial charge in [0.2, 0.25) is 0 Å². The molecule has 0 aliphatic carbocycles. The molecule has 3 rings (SSSR count). The fourth-order valence-corrected chi connectivity index (χ4v) is 4.34. The van der Waals surface area contributed by atoms with Gasteiger partial charge in [0.15, 0.2) is 0 Å². The number of aryl methyl sites for hydroxylation is 2. The van der Waals surface area contributed by atoms with Gasteiger partial charge in [0.1, 0.15) is 0 Å². The topological polar surface area (TPSA) is 75.3 Å². The van der Waals surface area contributed by atoms with E-state index in [1.165, 1.54) is 12.1 Å². The molecule has 0 heterocycles. The van der Waals surface area contributed by atoms with Crippen LogP contribution < -0.4 is 10.0 Å². The van der Waals surface area contributed by atoms with Crippen LogP contribution in [0, 0.1) is 6.92 Å². The Balaban J connectivity index is 1.61. The molecule has 0 unspecified atom stereocenters. The highest BCUT2D eigenvalue weighted by Crippen LogP contribution is 2.19. The molecule has 0 aromatic heterocycles. The maximum absolute atomic E-state index is 12.7. The van der Waals surface area contributed by atoms with Crippen LogP contribution in [0.25, 0.3) is 0 Å². The van der Waals surface area contributed by atoms with Crippen molar-refractivity contribution in [3.63, 3.8) is 0 Å². The number of halogens is 1. The first kappa shape index (κ1) is 21.9. The van der Waals surface area contributed by atoms with Crippen LogP contribution in [0.4, 0.5) is 5.69 Å². The van der Waals surface area contributed by atoms with Gasteiger partial charge in [0.25, 0.3) is 15.9 Å². The Kier molecular flexibility index (Phi) is 7.13. The van der Waals surface area contributed by atoms with Crippen molar-refractivity contribution in [3.05, 3.63) is 94.5 Å². The predicted octanol–water partition coefficient (Wildman–Crippen LogP) is 4.81. The minimum atomic E-state index is -3.80. The zero-order valence-electron chi connectivity index (χ0n) is 16.6. The van der Waals surface area contributed by atoms with Crippen LogP contribution in [0.15, 0.2) is 77.7 Å². The second-order valence-corrected chi connectivity index (χ2v) is 9.04. The second kappa shape index (κ2) is 9.78. The van der Waals surface area contributed by atoms with E-state index in [-0.39, 0.29) is 10.8 Å².